The quantitative estimate of drug-likeness (QED) is 0.715. The summed E-state index contributed by atoms with van der Waals surface area (Å²) in [5.74, 6) is 0.708. The zero-order valence-electron chi connectivity index (χ0n) is 14.7. The Bertz CT molecular complexity index is 918. The molecule has 0 aliphatic carbocycles. The number of fused-ring (bicyclic) bond motifs is 1. The van der Waals surface area contributed by atoms with Gasteiger partial charge in [0.25, 0.3) is 5.91 Å². The molecule has 1 amide bonds. The molecular weight excluding hydrogens is 330 g/mol. The molecule has 5 nitrogen and oxygen atoms in total. The SMILES string of the molecule is COc1ccc(C(=O)NCC(O)c2cccc3ccccc23)c(OC)c1. The third-order valence-corrected chi connectivity index (χ3v) is 4.29. The van der Waals surface area contributed by atoms with Gasteiger partial charge in [0.15, 0.2) is 0 Å². The maximum Gasteiger partial charge on any atom is 0.255 e. The molecule has 134 valence electrons. The van der Waals surface area contributed by atoms with Crippen molar-refractivity contribution in [3.63, 3.8) is 0 Å². The minimum Gasteiger partial charge on any atom is -0.497 e. The Morgan fingerprint density at radius 3 is 2.58 bits per heavy atom. The van der Waals surface area contributed by atoms with Crippen LogP contribution >= 0.6 is 0 Å². The monoisotopic (exact) mass is 351 g/mol. The predicted molar refractivity (Wildman–Crippen MR) is 101 cm³/mol. The summed E-state index contributed by atoms with van der Waals surface area (Å²) in [6.45, 7) is 0.0992. The minimum absolute atomic E-state index is 0.0992. The fourth-order valence-electron chi connectivity index (χ4n) is 2.92. The lowest BCUT2D eigenvalue weighted by atomic mass is 10.0. The highest BCUT2D eigenvalue weighted by Gasteiger charge is 2.16. The van der Waals surface area contributed by atoms with Crippen molar-refractivity contribution in [1.29, 1.82) is 0 Å². The van der Waals surface area contributed by atoms with Gasteiger partial charge in [-0.15, -0.1) is 0 Å². The van der Waals surface area contributed by atoms with Crippen LogP contribution in [0, 0.1) is 0 Å². The molecule has 0 saturated heterocycles. The van der Waals surface area contributed by atoms with Gasteiger partial charge >= 0.3 is 0 Å². The number of carbonyl (C=O) groups is 1. The van der Waals surface area contributed by atoms with Crippen LogP contribution in [0.15, 0.2) is 60.7 Å². The molecule has 3 aromatic carbocycles. The van der Waals surface area contributed by atoms with Crippen molar-refractivity contribution in [3.8, 4) is 11.5 Å². The van der Waals surface area contributed by atoms with E-state index in [4.69, 9.17) is 9.47 Å². The van der Waals surface area contributed by atoms with Crippen LogP contribution in [-0.2, 0) is 0 Å². The van der Waals surface area contributed by atoms with Gasteiger partial charge in [-0.05, 0) is 28.5 Å². The maximum atomic E-state index is 12.5. The number of hydrogen-bond acceptors (Lipinski definition) is 4. The summed E-state index contributed by atoms with van der Waals surface area (Å²) in [6.07, 6.45) is -0.811. The van der Waals surface area contributed by atoms with Gasteiger partial charge in [0.1, 0.15) is 11.5 Å². The molecule has 0 spiro atoms. The number of rotatable bonds is 6. The molecule has 0 heterocycles. The van der Waals surface area contributed by atoms with Crippen LogP contribution in [0.5, 0.6) is 11.5 Å². The Kier molecular flexibility index (Phi) is 5.39. The first-order chi connectivity index (χ1) is 12.6. The summed E-state index contributed by atoms with van der Waals surface area (Å²) < 4.78 is 10.4. The van der Waals surface area contributed by atoms with Crippen LogP contribution < -0.4 is 14.8 Å². The number of methoxy groups -OCH3 is 2. The second-order valence-corrected chi connectivity index (χ2v) is 5.86. The van der Waals surface area contributed by atoms with Crippen molar-refractivity contribution in [3.05, 3.63) is 71.8 Å². The maximum absolute atomic E-state index is 12.5. The summed E-state index contributed by atoms with van der Waals surface area (Å²) in [7, 11) is 3.05. The minimum atomic E-state index is -0.811. The predicted octanol–water partition coefficient (Wildman–Crippen LogP) is 3.32. The lowest BCUT2D eigenvalue weighted by Crippen LogP contribution is -2.28. The van der Waals surface area contributed by atoms with Crippen molar-refractivity contribution in [2.24, 2.45) is 0 Å². The van der Waals surface area contributed by atoms with E-state index in [0.29, 0.717) is 17.1 Å². The van der Waals surface area contributed by atoms with Crippen LogP contribution in [0.1, 0.15) is 22.0 Å². The van der Waals surface area contributed by atoms with Gasteiger partial charge in [-0.3, -0.25) is 4.79 Å². The molecule has 0 aliphatic rings. The number of aliphatic hydroxyl groups is 1. The summed E-state index contributed by atoms with van der Waals surface area (Å²) in [5.41, 5.74) is 1.17. The molecule has 1 atom stereocenters. The molecule has 2 N–H and O–H groups in total. The summed E-state index contributed by atoms with van der Waals surface area (Å²) in [5, 5.41) is 15.3. The van der Waals surface area contributed by atoms with Crippen molar-refractivity contribution >= 4 is 16.7 Å². The zero-order chi connectivity index (χ0) is 18.5. The van der Waals surface area contributed by atoms with E-state index in [2.05, 4.69) is 5.32 Å². The van der Waals surface area contributed by atoms with E-state index in [-0.39, 0.29) is 12.5 Å². The van der Waals surface area contributed by atoms with Crippen molar-refractivity contribution in [2.75, 3.05) is 20.8 Å². The molecule has 0 saturated carbocycles. The number of benzene rings is 3. The molecule has 1 unspecified atom stereocenters. The standard InChI is InChI=1S/C21H21NO4/c1-25-15-10-11-18(20(12-15)26-2)21(24)22-13-19(23)17-9-5-7-14-6-3-4-8-16(14)17/h3-12,19,23H,13H2,1-2H3,(H,22,24). The zero-order valence-corrected chi connectivity index (χ0v) is 14.7. The lowest BCUT2D eigenvalue weighted by molar-refractivity contribution is 0.0914. The summed E-state index contributed by atoms with van der Waals surface area (Å²) in [4.78, 5) is 12.5. The van der Waals surface area contributed by atoms with E-state index in [0.717, 1.165) is 16.3 Å². The van der Waals surface area contributed by atoms with E-state index in [1.165, 1.54) is 7.11 Å². The Balaban J connectivity index is 1.75. The van der Waals surface area contributed by atoms with Gasteiger partial charge in [0, 0.05) is 12.6 Å². The van der Waals surface area contributed by atoms with E-state index in [1.807, 2.05) is 42.5 Å². The van der Waals surface area contributed by atoms with E-state index < -0.39 is 6.10 Å². The van der Waals surface area contributed by atoms with Gasteiger partial charge in [-0.2, -0.15) is 0 Å². The van der Waals surface area contributed by atoms with Crippen LogP contribution in [0.3, 0.4) is 0 Å². The molecule has 26 heavy (non-hydrogen) atoms. The number of ether oxygens (including phenoxy) is 2. The Labute approximate surface area is 152 Å². The number of aliphatic hydroxyl groups excluding tert-OH is 1. The van der Waals surface area contributed by atoms with Gasteiger partial charge in [-0.25, -0.2) is 0 Å². The Hall–Kier alpha value is -3.05. The van der Waals surface area contributed by atoms with Gasteiger partial charge < -0.3 is 19.9 Å². The topological polar surface area (TPSA) is 67.8 Å². The van der Waals surface area contributed by atoms with Crippen LogP contribution in [0.2, 0.25) is 0 Å². The average molecular weight is 351 g/mol. The molecule has 3 rings (SSSR count). The largest absolute Gasteiger partial charge is 0.497 e. The molecule has 0 aliphatic heterocycles. The lowest BCUT2D eigenvalue weighted by Gasteiger charge is -2.16. The van der Waals surface area contributed by atoms with Gasteiger partial charge in [0.2, 0.25) is 0 Å². The third-order valence-electron chi connectivity index (χ3n) is 4.29. The van der Waals surface area contributed by atoms with Crippen molar-refractivity contribution in [1.82, 2.24) is 5.32 Å². The smallest absolute Gasteiger partial charge is 0.255 e. The van der Waals surface area contributed by atoms with E-state index in [9.17, 15) is 9.90 Å². The van der Waals surface area contributed by atoms with Crippen molar-refractivity contribution < 1.29 is 19.4 Å². The molecule has 5 heteroatoms. The van der Waals surface area contributed by atoms with Gasteiger partial charge in [0.05, 0.1) is 25.9 Å². The normalized spacial score (nSPS) is 11.8. The highest BCUT2D eigenvalue weighted by Crippen LogP contribution is 2.26. The van der Waals surface area contributed by atoms with Crippen molar-refractivity contribution in [2.45, 2.75) is 6.10 Å². The van der Waals surface area contributed by atoms with E-state index >= 15 is 0 Å². The first-order valence-electron chi connectivity index (χ1n) is 8.30. The number of amides is 1. The second kappa shape index (κ2) is 7.89. The van der Waals surface area contributed by atoms with Crippen LogP contribution in [-0.4, -0.2) is 31.8 Å². The molecular formula is C21H21NO4. The molecule has 0 bridgehead atoms. The average Bonchev–Trinajstić information content (AvgIpc) is 2.70. The molecule has 3 aromatic rings. The summed E-state index contributed by atoms with van der Waals surface area (Å²) in [6, 6.07) is 18.6. The summed E-state index contributed by atoms with van der Waals surface area (Å²) >= 11 is 0. The fourth-order valence-corrected chi connectivity index (χ4v) is 2.92. The van der Waals surface area contributed by atoms with E-state index in [1.54, 1.807) is 25.3 Å². The third kappa shape index (κ3) is 3.63. The first kappa shape index (κ1) is 17.8. The first-order valence-corrected chi connectivity index (χ1v) is 8.30. The number of hydrogen-bond donors (Lipinski definition) is 2. The van der Waals surface area contributed by atoms with Crippen LogP contribution in [0.25, 0.3) is 10.8 Å². The number of carbonyl (C=O) groups excluding carboxylic acids is 1. The molecule has 0 radical (unpaired) electrons. The van der Waals surface area contributed by atoms with Crippen LogP contribution in [0.4, 0.5) is 0 Å². The second-order valence-electron chi connectivity index (χ2n) is 5.86. The Morgan fingerprint density at radius 2 is 1.81 bits per heavy atom. The highest BCUT2D eigenvalue weighted by atomic mass is 16.5. The fraction of sp³-hybridized carbons (Fsp3) is 0.190. The Morgan fingerprint density at radius 1 is 1.04 bits per heavy atom. The highest BCUT2D eigenvalue weighted by molar-refractivity contribution is 5.97. The number of nitrogens with one attached hydrogen (secondary N) is 1. The molecule has 0 aromatic heterocycles. The molecule has 0 fully saturated rings. The van der Waals surface area contributed by atoms with Gasteiger partial charge in [-0.1, -0.05) is 42.5 Å².